The first-order valence-corrected chi connectivity index (χ1v) is 11.7. The van der Waals surface area contributed by atoms with Crippen molar-refractivity contribution in [2.24, 2.45) is 0 Å². The van der Waals surface area contributed by atoms with Crippen LogP contribution in [0.25, 0.3) is 0 Å². The molecule has 3 aromatic rings. The van der Waals surface area contributed by atoms with E-state index in [1.165, 1.54) is 30.0 Å². The number of ether oxygens (including phenoxy) is 2. The summed E-state index contributed by atoms with van der Waals surface area (Å²) >= 11 is 1.26. The Morgan fingerprint density at radius 3 is 2.59 bits per heavy atom. The van der Waals surface area contributed by atoms with E-state index in [0.717, 1.165) is 17.8 Å². The molecule has 180 valence electrons. The molecule has 1 aromatic heterocycles. The van der Waals surface area contributed by atoms with Gasteiger partial charge in [0.1, 0.15) is 0 Å². The van der Waals surface area contributed by atoms with Gasteiger partial charge < -0.3 is 19.4 Å². The number of benzene rings is 2. The Kier molecular flexibility index (Phi) is 7.03. The highest BCUT2D eigenvalue weighted by Gasteiger charge is 2.43. The van der Waals surface area contributed by atoms with Crippen LogP contribution in [-0.4, -0.2) is 51.7 Å². The third-order valence-corrected chi connectivity index (χ3v) is 6.22. The summed E-state index contributed by atoms with van der Waals surface area (Å²) in [5.74, 6) is 0.375. The van der Waals surface area contributed by atoms with E-state index in [0.29, 0.717) is 17.4 Å². The van der Waals surface area contributed by atoms with Gasteiger partial charge in [0.05, 0.1) is 18.3 Å². The molecule has 1 amide bonds. The normalized spacial score (nSPS) is 14.9. The van der Waals surface area contributed by atoms with Crippen molar-refractivity contribution in [3.63, 3.8) is 0 Å². The summed E-state index contributed by atoms with van der Waals surface area (Å²) in [6.07, 6.45) is -2.85. The van der Waals surface area contributed by atoms with Crippen LogP contribution in [-0.2, 0) is 11.3 Å². The molecule has 0 saturated carbocycles. The van der Waals surface area contributed by atoms with Gasteiger partial charge in [-0.2, -0.15) is 0 Å². The maximum atomic E-state index is 13.2. The fraction of sp³-hybridized carbons (Fsp3) is 0.348. The van der Waals surface area contributed by atoms with Crippen molar-refractivity contribution >= 4 is 23.4 Å². The molecule has 0 spiro atoms. The van der Waals surface area contributed by atoms with E-state index >= 15 is 0 Å². The fourth-order valence-electron chi connectivity index (χ4n) is 3.70. The molecule has 8 nitrogen and oxygen atoms in total. The number of carbonyl (C=O) groups is 1. The highest BCUT2D eigenvalue weighted by atomic mass is 32.2. The number of anilines is 1. The summed E-state index contributed by atoms with van der Waals surface area (Å²) in [4.78, 5) is 14.7. The Labute approximate surface area is 200 Å². The molecule has 0 radical (unpaired) electrons. The lowest BCUT2D eigenvalue weighted by molar-refractivity contribution is -0.286. The third-order valence-electron chi connectivity index (χ3n) is 5.25. The van der Waals surface area contributed by atoms with Gasteiger partial charge in [-0.3, -0.25) is 9.69 Å². The standard InChI is InChI=1S/C23H25F2N5O3S/c1-4-17(29(2)3)21-27-28-22(30(21)13-15-8-6-5-7-9-15)34-14-20(31)26-16-10-11-18-19(12-16)33-23(24,25)32-18/h5-12,17H,4,13-14H2,1-3H3,(H,26,31)/t17-/m1/s1. The first-order valence-electron chi connectivity index (χ1n) is 10.7. The predicted molar refractivity (Wildman–Crippen MR) is 124 cm³/mol. The molecule has 1 atom stereocenters. The summed E-state index contributed by atoms with van der Waals surface area (Å²) in [5, 5.41) is 12.1. The first-order chi connectivity index (χ1) is 16.3. The molecular weight excluding hydrogens is 464 g/mol. The molecule has 11 heteroatoms. The number of nitrogens with zero attached hydrogens (tertiary/aromatic N) is 4. The number of nitrogens with one attached hydrogen (secondary N) is 1. The average molecular weight is 490 g/mol. The predicted octanol–water partition coefficient (Wildman–Crippen LogP) is 4.39. The van der Waals surface area contributed by atoms with Gasteiger partial charge in [-0.1, -0.05) is 49.0 Å². The number of alkyl halides is 2. The van der Waals surface area contributed by atoms with E-state index in [1.54, 1.807) is 0 Å². The Bertz CT molecular complexity index is 1160. The zero-order chi connectivity index (χ0) is 24.3. The maximum absolute atomic E-state index is 13.2. The summed E-state index contributed by atoms with van der Waals surface area (Å²) in [6, 6.07) is 14.2. The zero-order valence-electron chi connectivity index (χ0n) is 19.0. The molecule has 34 heavy (non-hydrogen) atoms. The van der Waals surface area contributed by atoms with Gasteiger partial charge in [-0.25, -0.2) is 0 Å². The highest BCUT2D eigenvalue weighted by molar-refractivity contribution is 7.99. The number of halogens is 2. The van der Waals surface area contributed by atoms with Crippen LogP contribution in [0, 0.1) is 0 Å². The molecule has 0 aliphatic carbocycles. The number of aromatic nitrogens is 3. The second kappa shape index (κ2) is 9.98. The van der Waals surface area contributed by atoms with Gasteiger partial charge in [0, 0.05) is 11.8 Å². The SMILES string of the molecule is CC[C@H](c1nnc(SCC(=O)Nc2ccc3c(c2)OC(F)(F)O3)n1Cc1ccccc1)N(C)C. The molecule has 0 saturated heterocycles. The molecular formula is C23H25F2N5O3S. The molecule has 1 N–H and O–H groups in total. The fourth-order valence-corrected chi connectivity index (χ4v) is 4.45. The second-order valence-electron chi connectivity index (χ2n) is 7.97. The zero-order valence-corrected chi connectivity index (χ0v) is 19.8. The Hall–Kier alpha value is -3.18. The minimum Gasteiger partial charge on any atom is -0.395 e. The highest BCUT2D eigenvalue weighted by Crippen LogP contribution is 2.42. The van der Waals surface area contributed by atoms with Crippen molar-refractivity contribution in [3.05, 3.63) is 59.9 Å². The molecule has 2 heterocycles. The van der Waals surface area contributed by atoms with Crippen LogP contribution in [0.1, 0.15) is 30.8 Å². The van der Waals surface area contributed by atoms with Crippen LogP contribution < -0.4 is 14.8 Å². The first kappa shape index (κ1) is 24.0. The lowest BCUT2D eigenvalue weighted by Gasteiger charge is -2.23. The van der Waals surface area contributed by atoms with E-state index in [1.807, 2.05) is 49.0 Å². The van der Waals surface area contributed by atoms with Crippen molar-refractivity contribution in [1.29, 1.82) is 0 Å². The topological polar surface area (TPSA) is 81.5 Å². The van der Waals surface area contributed by atoms with Crippen LogP contribution in [0.2, 0.25) is 0 Å². The molecule has 2 aromatic carbocycles. The summed E-state index contributed by atoms with van der Waals surface area (Å²) < 4.78 is 37.3. The largest absolute Gasteiger partial charge is 0.586 e. The van der Waals surface area contributed by atoms with Crippen LogP contribution in [0.5, 0.6) is 11.5 Å². The minimum absolute atomic E-state index is 0.0658. The van der Waals surface area contributed by atoms with E-state index < -0.39 is 6.29 Å². The van der Waals surface area contributed by atoms with Crippen molar-refractivity contribution in [3.8, 4) is 11.5 Å². The quantitative estimate of drug-likeness (QED) is 0.447. The van der Waals surface area contributed by atoms with Crippen molar-refractivity contribution in [1.82, 2.24) is 19.7 Å². The van der Waals surface area contributed by atoms with E-state index in [2.05, 4.69) is 36.8 Å². The number of thioether (sulfide) groups is 1. The molecule has 0 fully saturated rings. The van der Waals surface area contributed by atoms with Crippen LogP contribution in [0.3, 0.4) is 0 Å². The van der Waals surface area contributed by atoms with Crippen LogP contribution in [0.4, 0.5) is 14.5 Å². The van der Waals surface area contributed by atoms with Crippen LogP contribution in [0.15, 0.2) is 53.7 Å². The van der Waals surface area contributed by atoms with Gasteiger partial charge in [0.25, 0.3) is 0 Å². The van der Waals surface area contributed by atoms with Gasteiger partial charge in [0.2, 0.25) is 5.91 Å². The lowest BCUT2D eigenvalue weighted by Crippen LogP contribution is -2.25. The Morgan fingerprint density at radius 1 is 1.15 bits per heavy atom. The molecule has 1 aliphatic rings. The molecule has 4 rings (SSSR count). The smallest absolute Gasteiger partial charge is 0.395 e. The van der Waals surface area contributed by atoms with E-state index in [9.17, 15) is 13.6 Å². The van der Waals surface area contributed by atoms with Crippen LogP contribution >= 0.6 is 11.8 Å². The summed E-state index contributed by atoms with van der Waals surface area (Å²) in [6.45, 7) is 2.67. The number of carbonyl (C=O) groups excluding carboxylic acids is 1. The van der Waals surface area contributed by atoms with Crippen molar-refractivity contribution < 1.29 is 23.0 Å². The average Bonchev–Trinajstić information content (AvgIpc) is 3.31. The number of hydrogen-bond acceptors (Lipinski definition) is 7. The minimum atomic E-state index is -3.70. The number of hydrogen-bond donors (Lipinski definition) is 1. The maximum Gasteiger partial charge on any atom is 0.586 e. The van der Waals surface area contributed by atoms with Crippen molar-refractivity contribution in [2.75, 3.05) is 25.2 Å². The molecule has 0 unspecified atom stereocenters. The Morgan fingerprint density at radius 2 is 1.88 bits per heavy atom. The Balaban J connectivity index is 1.47. The molecule has 0 bridgehead atoms. The van der Waals surface area contributed by atoms with Gasteiger partial charge in [0.15, 0.2) is 22.5 Å². The number of fused-ring (bicyclic) bond motifs is 1. The van der Waals surface area contributed by atoms with E-state index in [4.69, 9.17) is 0 Å². The number of rotatable bonds is 9. The van der Waals surface area contributed by atoms with Gasteiger partial charge in [-0.05, 0) is 38.2 Å². The van der Waals surface area contributed by atoms with Gasteiger partial charge >= 0.3 is 6.29 Å². The van der Waals surface area contributed by atoms with Crippen molar-refractivity contribution in [2.45, 2.75) is 37.4 Å². The molecule has 1 aliphatic heterocycles. The summed E-state index contributed by atoms with van der Waals surface area (Å²) in [7, 11) is 3.99. The van der Waals surface area contributed by atoms with E-state index in [-0.39, 0.29) is 29.2 Å². The van der Waals surface area contributed by atoms with Gasteiger partial charge in [-0.15, -0.1) is 19.0 Å². The lowest BCUT2D eigenvalue weighted by atomic mass is 10.2. The number of amides is 1. The third kappa shape index (κ3) is 5.48. The monoisotopic (exact) mass is 489 g/mol. The summed E-state index contributed by atoms with van der Waals surface area (Å²) in [5.41, 5.74) is 1.43. The second-order valence-corrected chi connectivity index (χ2v) is 8.91.